The zero-order valence-electron chi connectivity index (χ0n) is 12.3. The van der Waals surface area contributed by atoms with Gasteiger partial charge in [0.05, 0.1) is 17.3 Å². The fourth-order valence-electron chi connectivity index (χ4n) is 2.96. The van der Waals surface area contributed by atoms with Crippen molar-refractivity contribution in [2.75, 3.05) is 25.1 Å². The van der Waals surface area contributed by atoms with Crippen LogP contribution >= 0.6 is 11.8 Å². The Morgan fingerprint density at radius 3 is 2.95 bits per heavy atom. The number of hydrogen-bond donors (Lipinski definition) is 0. The third-order valence-electron chi connectivity index (χ3n) is 4.17. The number of ketones is 1. The predicted molar refractivity (Wildman–Crippen MR) is 81.2 cm³/mol. The maximum Gasteiger partial charge on any atom is 0.166 e. The summed E-state index contributed by atoms with van der Waals surface area (Å²) in [5.74, 6) is 3.27. The minimum Gasteiger partial charge on any atom is -0.295 e. The number of carbonyl (C=O) groups is 1. The lowest BCUT2D eigenvalue weighted by atomic mass is 9.76. The first-order valence-corrected chi connectivity index (χ1v) is 8.29. The zero-order valence-corrected chi connectivity index (χ0v) is 13.2. The number of aromatic nitrogens is 2. The van der Waals surface area contributed by atoms with Gasteiger partial charge in [0.15, 0.2) is 5.78 Å². The molecule has 1 aromatic heterocycles. The zero-order chi connectivity index (χ0) is 14.3. The molecule has 0 N–H and O–H groups in total. The lowest BCUT2D eigenvalue weighted by Gasteiger charge is -2.33. The number of fused-ring (bicyclic) bond motifs is 1. The van der Waals surface area contributed by atoms with Crippen LogP contribution in [-0.4, -0.2) is 45.7 Å². The molecule has 0 aromatic carbocycles. The number of rotatable bonds is 1. The van der Waals surface area contributed by atoms with Gasteiger partial charge in [0, 0.05) is 30.7 Å². The van der Waals surface area contributed by atoms with Gasteiger partial charge in [-0.25, -0.2) is 9.97 Å². The summed E-state index contributed by atoms with van der Waals surface area (Å²) in [5.41, 5.74) is 1.70. The van der Waals surface area contributed by atoms with Gasteiger partial charge in [0.1, 0.15) is 5.82 Å². The number of hydrogen-bond acceptors (Lipinski definition) is 5. The van der Waals surface area contributed by atoms with Crippen LogP contribution in [0.4, 0.5) is 0 Å². The summed E-state index contributed by atoms with van der Waals surface area (Å²) in [5, 5.41) is 0. The van der Waals surface area contributed by atoms with Gasteiger partial charge in [-0.05, 0) is 18.9 Å². The third-order valence-corrected chi connectivity index (χ3v) is 5.19. The van der Waals surface area contributed by atoms with Crippen LogP contribution in [0.15, 0.2) is 6.20 Å². The molecule has 0 amide bonds. The second-order valence-electron chi connectivity index (χ2n) is 6.60. The Hall–Kier alpha value is -0.940. The SMILES string of the molecule is CN1CCSCC1c1ncc2c(n1)CC(C)(C)CC2=O. The number of thioether (sulfide) groups is 1. The molecule has 1 atom stereocenters. The molecule has 0 bridgehead atoms. The molecule has 1 fully saturated rings. The molecule has 2 heterocycles. The van der Waals surface area contributed by atoms with E-state index < -0.39 is 0 Å². The highest BCUT2D eigenvalue weighted by molar-refractivity contribution is 7.99. The lowest BCUT2D eigenvalue weighted by Crippen LogP contribution is -2.35. The van der Waals surface area contributed by atoms with Crippen LogP contribution in [0.5, 0.6) is 0 Å². The standard InChI is InChI=1S/C15H21N3OS/c1-15(2)6-11-10(13(19)7-15)8-16-14(17-11)12-9-20-5-4-18(12)3/h8,12H,4-7,9H2,1-3H3. The smallest absolute Gasteiger partial charge is 0.166 e. The van der Waals surface area contributed by atoms with E-state index in [1.54, 1.807) is 6.20 Å². The van der Waals surface area contributed by atoms with Crippen molar-refractivity contribution in [3.63, 3.8) is 0 Å². The van der Waals surface area contributed by atoms with Crippen molar-refractivity contribution in [2.24, 2.45) is 5.41 Å². The Kier molecular flexibility index (Phi) is 3.58. The molecule has 1 aromatic rings. The van der Waals surface area contributed by atoms with Crippen molar-refractivity contribution >= 4 is 17.5 Å². The molecule has 1 unspecified atom stereocenters. The quantitative estimate of drug-likeness (QED) is 0.795. The molecule has 3 rings (SSSR count). The average Bonchev–Trinajstić information content (AvgIpc) is 2.37. The van der Waals surface area contributed by atoms with Gasteiger partial charge in [0.2, 0.25) is 0 Å². The summed E-state index contributed by atoms with van der Waals surface area (Å²) in [6, 6.07) is 0.277. The van der Waals surface area contributed by atoms with Gasteiger partial charge in [-0.15, -0.1) is 0 Å². The molecule has 20 heavy (non-hydrogen) atoms. The normalized spacial score (nSPS) is 26.4. The molecule has 1 saturated heterocycles. The Bertz CT molecular complexity index is 544. The Balaban J connectivity index is 1.94. The maximum atomic E-state index is 12.2. The number of Topliss-reactive ketones (excluding diaryl/α,β-unsaturated/α-hetero) is 1. The van der Waals surface area contributed by atoms with Gasteiger partial charge in [-0.3, -0.25) is 9.69 Å². The summed E-state index contributed by atoms with van der Waals surface area (Å²) >= 11 is 1.95. The first-order chi connectivity index (χ1) is 9.46. The maximum absolute atomic E-state index is 12.2. The molecule has 0 radical (unpaired) electrons. The predicted octanol–water partition coefficient (Wildman–Crippen LogP) is 2.35. The molecule has 2 aliphatic rings. The van der Waals surface area contributed by atoms with Gasteiger partial charge in [0.25, 0.3) is 0 Å². The van der Waals surface area contributed by atoms with E-state index in [0.717, 1.165) is 35.8 Å². The van der Waals surface area contributed by atoms with Gasteiger partial charge >= 0.3 is 0 Å². The van der Waals surface area contributed by atoms with Crippen LogP contribution in [0, 0.1) is 5.41 Å². The van der Waals surface area contributed by atoms with E-state index in [2.05, 4.69) is 30.8 Å². The molecule has 0 spiro atoms. The highest BCUT2D eigenvalue weighted by Crippen LogP contribution is 2.34. The fraction of sp³-hybridized carbons (Fsp3) is 0.667. The first kappa shape index (κ1) is 14.0. The largest absolute Gasteiger partial charge is 0.295 e. The minimum absolute atomic E-state index is 0.0168. The van der Waals surface area contributed by atoms with E-state index in [1.807, 2.05) is 11.8 Å². The minimum atomic E-state index is 0.0168. The van der Waals surface area contributed by atoms with E-state index in [9.17, 15) is 4.79 Å². The fourth-order valence-corrected chi connectivity index (χ4v) is 4.18. The van der Waals surface area contributed by atoms with E-state index >= 15 is 0 Å². The highest BCUT2D eigenvalue weighted by Gasteiger charge is 2.33. The molecule has 4 nitrogen and oxygen atoms in total. The van der Waals surface area contributed by atoms with E-state index in [1.165, 1.54) is 5.75 Å². The van der Waals surface area contributed by atoms with Crippen molar-refractivity contribution in [3.05, 3.63) is 23.3 Å². The highest BCUT2D eigenvalue weighted by atomic mass is 32.2. The van der Waals surface area contributed by atoms with Crippen molar-refractivity contribution in [2.45, 2.75) is 32.7 Å². The van der Waals surface area contributed by atoms with Crippen LogP contribution in [0.2, 0.25) is 0 Å². The van der Waals surface area contributed by atoms with Crippen LogP contribution in [0.1, 0.15) is 48.2 Å². The molecular formula is C15H21N3OS. The van der Waals surface area contributed by atoms with Crippen molar-refractivity contribution in [3.8, 4) is 0 Å². The van der Waals surface area contributed by atoms with Gasteiger partial charge in [-0.2, -0.15) is 11.8 Å². The second kappa shape index (κ2) is 5.11. The van der Waals surface area contributed by atoms with Gasteiger partial charge in [-0.1, -0.05) is 13.8 Å². The molecule has 108 valence electrons. The van der Waals surface area contributed by atoms with E-state index in [0.29, 0.717) is 6.42 Å². The summed E-state index contributed by atoms with van der Waals surface area (Å²) < 4.78 is 0. The first-order valence-electron chi connectivity index (χ1n) is 7.13. The lowest BCUT2D eigenvalue weighted by molar-refractivity contribution is 0.0909. The van der Waals surface area contributed by atoms with Crippen molar-refractivity contribution < 1.29 is 4.79 Å². The molecule has 1 aliphatic carbocycles. The van der Waals surface area contributed by atoms with Gasteiger partial charge < -0.3 is 0 Å². The molecule has 5 heteroatoms. The Morgan fingerprint density at radius 2 is 2.20 bits per heavy atom. The summed E-state index contributed by atoms with van der Waals surface area (Å²) in [4.78, 5) is 23.7. The summed E-state index contributed by atoms with van der Waals surface area (Å²) in [6.45, 7) is 5.34. The molecular weight excluding hydrogens is 270 g/mol. The average molecular weight is 291 g/mol. The summed E-state index contributed by atoms with van der Waals surface area (Å²) in [7, 11) is 2.13. The van der Waals surface area contributed by atoms with E-state index in [-0.39, 0.29) is 17.2 Å². The van der Waals surface area contributed by atoms with Crippen molar-refractivity contribution in [1.29, 1.82) is 0 Å². The second-order valence-corrected chi connectivity index (χ2v) is 7.75. The molecule has 1 aliphatic heterocycles. The van der Waals surface area contributed by atoms with Crippen molar-refractivity contribution in [1.82, 2.24) is 14.9 Å². The summed E-state index contributed by atoms with van der Waals surface area (Å²) in [6.07, 6.45) is 3.22. The monoisotopic (exact) mass is 291 g/mol. The number of nitrogens with zero attached hydrogens (tertiary/aromatic N) is 3. The topological polar surface area (TPSA) is 46.1 Å². The number of carbonyl (C=O) groups excluding carboxylic acids is 1. The van der Waals surface area contributed by atoms with Crippen LogP contribution < -0.4 is 0 Å². The molecule has 0 saturated carbocycles. The Morgan fingerprint density at radius 1 is 1.40 bits per heavy atom. The van der Waals surface area contributed by atoms with Crippen LogP contribution in [0.25, 0.3) is 0 Å². The third kappa shape index (κ3) is 2.61. The van der Waals surface area contributed by atoms with Crippen LogP contribution in [0.3, 0.4) is 0 Å². The van der Waals surface area contributed by atoms with Crippen LogP contribution in [-0.2, 0) is 6.42 Å². The Labute approximate surface area is 124 Å². The van der Waals surface area contributed by atoms with E-state index in [4.69, 9.17) is 4.98 Å².